The van der Waals surface area contributed by atoms with E-state index in [9.17, 15) is 38.0 Å². The maximum Gasteiger partial charge on any atom is 0.243 e. The number of hydrogen-bond donors (Lipinski definition) is 9. The Hall–Kier alpha value is -6.59. The van der Waals surface area contributed by atoms with Gasteiger partial charge in [-0.3, -0.25) is 33.6 Å². The number of halogens is 1. The number of nitrogens with one attached hydrogen (secondary N) is 9. The SMILES string of the molecule is O=C1CC[C@H](NC(=O)CC2CCCC2)C(=O)N[C@@H](Cc2c[nH]cn2)C(=O)N[C@H](Cc2ccc(F)cc2)C(=O)NCC(=O)N[C@@H](Cc2c[nH]c3ccccc23)C(=O)NCCCCN1. The molecule has 2 aromatic heterocycles. The summed E-state index contributed by atoms with van der Waals surface area (Å²) in [6, 6.07) is 8.05. The lowest BCUT2D eigenvalue weighted by atomic mass is 10.0. The Bertz CT molecular complexity index is 2170. The van der Waals surface area contributed by atoms with Gasteiger partial charge in [0.15, 0.2) is 0 Å². The van der Waals surface area contributed by atoms with E-state index in [0.717, 1.165) is 42.1 Å². The topological polar surface area (TPSA) is 248 Å². The van der Waals surface area contributed by atoms with E-state index in [2.05, 4.69) is 52.2 Å². The van der Waals surface area contributed by atoms with Gasteiger partial charge in [-0.15, -0.1) is 0 Å². The summed E-state index contributed by atoms with van der Waals surface area (Å²) in [5.41, 5.74) is 2.55. The van der Waals surface area contributed by atoms with Gasteiger partial charge in [0.05, 0.1) is 18.6 Å². The number of amides is 7. The molecule has 7 amide bonds. The van der Waals surface area contributed by atoms with E-state index < -0.39 is 66.1 Å². The monoisotopic (exact) mass is 854 g/mol. The van der Waals surface area contributed by atoms with E-state index in [-0.39, 0.29) is 62.8 Å². The van der Waals surface area contributed by atoms with Crippen LogP contribution in [-0.4, -0.2) is 100 Å². The van der Waals surface area contributed by atoms with E-state index in [1.54, 1.807) is 12.4 Å². The maximum atomic E-state index is 14.2. The Morgan fingerprint density at radius 1 is 0.694 bits per heavy atom. The predicted octanol–water partition coefficient (Wildman–Crippen LogP) is 1.50. The molecule has 330 valence electrons. The fraction of sp³-hybridized carbons (Fsp3) is 0.455. The highest BCUT2D eigenvalue weighted by Crippen LogP contribution is 2.27. The fourth-order valence-electron chi connectivity index (χ4n) is 7.87. The van der Waals surface area contributed by atoms with Gasteiger partial charge in [0.1, 0.15) is 30.0 Å². The predicted molar refractivity (Wildman–Crippen MR) is 226 cm³/mol. The minimum absolute atomic E-state index is 0.0602. The van der Waals surface area contributed by atoms with Gasteiger partial charge >= 0.3 is 0 Å². The van der Waals surface area contributed by atoms with Gasteiger partial charge in [0.2, 0.25) is 41.4 Å². The summed E-state index contributed by atoms with van der Waals surface area (Å²) in [6.45, 7) is -0.00731. The summed E-state index contributed by atoms with van der Waals surface area (Å²) < 4.78 is 13.9. The Labute approximate surface area is 358 Å². The second-order valence-corrected chi connectivity index (χ2v) is 16.0. The van der Waals surface area contributed by atoms with Crippen LogP contribution in [0.1, 0.15) is 74.6 Å². The second-order valence-electron chi connectivity index (χ2n) is 16.0. The van der Waals surface area contributed by atoms with Gasteiger partial charge in [-0.05, 0) is 67.3 Å². The molecule has 9 N–H and O–H groups in total. The van der Waals surface area contributed by atoms with E-state index in [0.29, 0.717) is 30.6 Å². The molecule has 0 unspecified atom stereocenters. The number of rotatable bonds is 9. The van der Waals surface area contributed by atoms with Crippen molar-refractivity contribution in [3.8, 4) is 0 Å². The van der Waals surface area contributed by atoms with Crippen LogP contribution >= 0.6 is 0 Å². The minimum Gasteiger partial charge on any atom is -0.361 e. The molecule has 1 aliphatic carbocycles. The first-order valence-corrected chi connectivity index (χ1v) is 21.3. The molecule has 18 heteroatoms. The zero-order chi connectivity index (χ0) is 43.8. The summed E-state index contributed by atoms with van der Waals surface area (Å²) in [5.74, 6) is -4.37. The first-order chi connectivity index (χ1) is 30.0. The quantitative estimate of drug-likeness (QED) is 0.119. The lowest BCUT2D eigenvalue weighted by Gasteiger charge is -2.25. The second kappa shape index (κ2) is 22.3. The summed E-state index contributed by atoms with van der Waals surface area (Å²) in [6.07, 6.45) is 9.58. The van der Waals surface area contributed by atoms with Crippen molar-refractivity contribution in [2.45, 2.75) is 101 Å². The summed E-state index contributed by atoms with van der Waals surface area (Å²) in [7, 11) is 0. The third-order valence-corrected chi connectivity index (χ3v) is 11.2. The molecule has 1 aliphatic heterocycles. The van der Waals surface area contributed by atoms with Crippen molar-refractivity contribution in [1.29, 1.82) is 0 Å². The Morgan fingerprint density at radius 2 is 1.39 bits per heavy atom. The molecule has 2 aromatic carbocycles. The van der Waals surface area contributed by atoms with Crippen molar-refractivity contribution in [2.75, 3.05) is 19.6 Å². The number of imidazole rings is 1. The normalized spacial score (nSPS) is 22.1. The molecule has 4 aromatic rings. The number of fused-ring (bicyclic) bond motifs is 1. The van der Waals surface area contributed by atoms with Crippen molar-refractivity contribution in [3.05, 3.63) is 89.9 Å². The molecule has 0 bridgehead atoms. The van der Waals surface area contributed by atoms with Crippen LogP contribution in [-0.2, 0) is 52.8 Å². The number of hydrogen-bond acceptors (Lipinski definition) is 8. The van der Waals surface area contributed by atoms with Crippen molar-refractivity contribution < 1.29 is 38.0 Å². The first kappa shape index (κ1) is 44.9. The average Bonchev–Trinajstić information content (AvgIpc) is 4.06. The van der Waals surface area contributed by atoms with Crippen LogP contribution in [0.15, 0.2) is 67.3 Å². The molecule has 1 saturated carbocycles. The lowest BCUT2D eigenvalue weighted by Crippen LogP contribution is -2.58. The zero-order valence-corrected chi connectivity index (χ0v) is 34.5. The highest BCUT2D eigenvalue weighted by atomic mass is 19.1. The Morgan fingerprint density at radius 3 is 2.15 bits per heavy atom. The minimum atomic E-state index is -1.32. The third kappa shape index (κ3) is 13.5. The van der Waals surface area contributed by atoms with E-state index >= 15 is 0 Å². The van der Waals surface area contributed by atoms with Gasteiger partial charge in [0, 0.05) is 68.5 Å². The van der Waals surface area contributed by atoms with Gasteiger partial charge < -0.3 is 47.2 Å². The molecule has 0 spiro atoms. The zero-order valence-electron chi connectivity index (χ0n) is 34.5. The number of benzene rings is 2. The van der Waals surface area contributed by atoms with Crippen LogP contribution in [0.4, 0.5) is 4.39 Å². The molecular formula is C44H55FN10O7. The summed E-state index contributed by atoms with van der Waals surface area (Å²) in [4.78, 5) is 106. The summed E-state index contributed by atoms with van der Waals surface area (Å²) in [5, 5.41) is 20.1. The number of aromatic nitrogens is 3. The lowest BCUT2D eigenvalue weighted by molar-refractivity contribution is -0.134. The number of carbonyl (C=O) groups excluding carboxylic acids is 7. The highest BCUT2D eigenvalue weighted by Gasteiger charge is 2.32. The van der Waals surface area contributed by atoms with Gasteiger partial charge in [-0.2, -0.15) is 0 Å². The number of carbonyl (C=O) groups is 7. The number of nitrogens with zero attached hydrogens (tertiary/aromatic N) is 1. The average molecular weight is 855 g/mol. The first-order valence-electron chi connectivity index (χ1n) is 21.3. The molecule has 62 heavy (non-hydrogen) atoms. The molecule has 2 aliphatic rings. The molecule has 2 fully saturated rings. The molecule has 1 saturated heterocycles. The Balaban J connectivity index is 1.24. The van der Waals surface area contributed by atoms with Crippen LogP contribution in [0.5, 0.6) is 0 Å². The molecule has 17 nitrogen and oxygen atoms in total. The van der Waals surface area contributed by atoms with Crippen molar-refractivity contribution >= 4 is 52.3 Å². The smallest absolute Gasteiger partial charge is 0.243 e. The fourth-order valence-corrected chi connectivity index (χ4v) is 7.87. The summed E-state index contributed by atoms with van der Waals surface area (Å²) >= 11 is 0. The van der Waals surface area contributed by atoms with E-state index in [4.69, 9.17) is 0 Å². The van der Waals surface area contributed by atoms with Crippen LogP contribution in [0.3, 0.4) is 0 Å². The van der Waals surface area contributed by atoms with Crippen LogP contribution in [0.2, 0.25) is 0 Å². The van der Waals surface area contributed by atoms with Gasteiger partial charge in [-0.1, -0.05) is 43.2 Å². The standard InChI is InChI=1S/C44H55FN10O7/c45-30-13-11-28(12-14-30)19-35-42(60)50-25-40(58)53-36(21-29-23-49-33-10-4-3-9-32(29)33)41(59)48-18-6-5-17-47-38(56)16-15-34(52-39(57)20-27-7-1-2-8-27)43(61)55-37(44(62)54-35)22-31-24-46-26-51-31/h3-4,9-14,23-24,26-27,34-37,49H,1-2,5-8,15-22,25H2,(H,46,51)(H,47,56)(H,48,59)(H,50,60)(H,52,57)(H,53,58)(H,54,62)(H,55,61)/t34-,35+,36-,37-/m0/s1. The molecule has 4 atom stereocenters. The third-order valence-electron chi connectivity index (χ3n) is 11.2. The molecule has 0 radical (unpaired) electrons. The van der Waals surface area contributed by atoms with Crippen LogP contribution in [0.25, 0.3) is 10.9 Å². The maximum absolute atomic E-state index is 14.2. The molecule has 3 heterocycles. The van der Waals surface area contributed by atoms with Gasteiger partial charge in [0.25, 0.3) is 0 Å². The van der Waals surface area contributed by atoms with E-state index in [1.807, 2.05) is 24.3 Å². The van der Waals surface area contributed by atoms with Crippen LogP contribution < -0.4 is 37.2 Å². The van der Waals surface area contributed by atoms with Crippen molar-refractivity contribution in [1.82, 2.24) is 52.2 Å². The number of H-pyrrole nitrogens is 2. The Kier molecular flexibility index (Phi) is 16.2. The van der Waals surface area contributed by atoms with E-state index in [1.165, 1.54) is 30.6 Å². The number of para-hydroxylation sites is 1. The number of aromatic amines is 2. The van der Waals surface area contributed by atoms with Crippen LogP contribution in [0, 0.1) is 11.7 Å². The van der Waals surface area contributed by atoms with Crippen molar-refractivity contribution in [3.63, 3.8) is 0 Å². The highest BCUT2D eigenvalue weighted by molar-refractivity contribution is 5.96. The van der Waals surface area contributed by atoms with Gasteiger partial charge in [-0.25, -0.2) is 9.37 Å². The molecular weight excluding hydrogens is 800 g/mol. The van der Waals surface area contributed by atoms with Crippen molar-refractivity contribution in [2.24, 2.45) is 5.92 Å². The largest absolute Gasteiger partial charge is 0.361 e. The molecule has 6 rings (SSSR count).